The summed E-state index contributed by atoms with van der Waals surface area (Å²) in [6.45, 7) is 4.78. The average Bonchev–Trinajstić information content (AvgIpc) is 2.56. The molecule has 22 heavy (non-hydrogen) atoms. The van der Waals surface area contributed by atoms with Gasteiger partial charge < -0.3 is 5.11 Å². The van der Waals surface area contributed by atoms with Gasteiger partial charge in [0.05, 0.1) is 0 Å². The van der Waals surface area contributed by atoms with Crippen LogP contribution >= 0.6 is 0 Å². The standard InChI is InChI=1S/C21H32O/c1-16(2)17-6-8-18(9-7-17)21(14-4-3-5-15-21)19-10-12-20(22)13-11-19/h10-13,16-18,22H,3-9,14-15H2,1-2H3. The van der Waals surface area contributed by atoms with E-state index in [0.29, 0.717) is 11.2 Å². The van der Waals surface area contributed by atoms with Crippen molar-refractivity contribution in [3.05, 3.63) is 29.8 Å². The molecule has 2 saturated carbocycles. The highest BCUT2D eigenvalue weighted by Crippen LogP contribution is 2.51. The molecule has 1 nitrogen and oxygen atoms in total. The Kier molecular flexibility index (Phi) is 4.80. The van der Waals surface area contributed by atoms with Crippen LogP contribution in [0.15, 0.2) is 24.3 Å². The van der Waals surface area contributed by atoms with Crippen LogP contribution in [0.4, 0.5) is 0 Å². The quantitative estimate of drug-likeness (QED) is 0.719. The number of phenolic OH excluding ortho intramolecular Hbond substituents is 1. The predicted octanol–water partition coefficient (Wildman–Crippen LogP) is 6.06. The number of rotatable bonds is 3. The molecule has 0 heterocycles. The van der Waals surface area contributed by atoms with Crippen molar-refractivity contribution in [3.8, 4) is 5.75 Å². The Bertz CT molecular complexity index is 459. The number of benzene rings is 1. The zero-order chi connectivity index (χ0) is 15.6. The van der Waals surface area contributed by atoms with E-state index in [1.54, 1.807) is 0 Å². The molecular formula is C21H32O. The highest BCUT2D eigenvalue weighted by Gasteiger charge is 2.42. The van der Waals surface area contributed by atoms with Crippen molar-refractivity contribution in [2.75, 3.05) is 0 Å². The lowest BCUT2D eigenvalue weighted by molar-refractivity contribution is 0.114. The molecule has 2 aliphatic carbocycles. The molecule has 2 aliphatic rings. The molecule has 0 saturated heterocycles. The molecule has 0 unspecified atom stereocenters. The van der Waals surface area contributed by atoms with Gasteiger partial charge in [-0.1, -0.05) is 45.2 Å². The van der Waals surface area contributed by atoms with Gasteiger partial charge in [0.1, 0.15) is 5.75 Å². The Morgan fingerprint density at radius 2 is 1.50 bits per heavy atom. The Morgan fingerprint density at radius 1 is 0.909 bits per heavy atom. The first-order valence-corrected chi connectivity index (χ1v) is 9.41. The molecule has 0 atom stereocenters. The van der Waals surface area contributed by atoms with E-state index in [1.165, 1.54) is 63.4 Å². The van der Waals surface area contributed by atoms with E-state index >= 15 is 0 Å². The Balaban J connectivity index is 1.82. The van der Waals surface area contributed by atoms with E-state index in [4.69, 9.17) is 0 Å². The first-order valence-electron chi connectivity index (χ1n) is 9.41. The van der Waals surface area contributed by atoms with Crippen LogP contribution in [-0.4, -0.2) is 5.11 Å². The summed E-state index contributed by atoms with van der Waals surface area (Å²) < 4.78 is 0. The molecular weight excluding hydrogens is 268 g/mol. The van der Waals surface area contributed by atoms with Gasteiger partial charge in [0, 0.05) is 0 Å². The molecule has 1 aromatic carbocycles. The lowest BCUT2D eigenvalue weighted by Gasteiger charge is -2.47. The zero-order valence-electron chi connectivity index (χ0n) is 14.4. The van der Waals surface area contributed by atoms with E-state index < -0.39 is 0 Å². The third-order valence-corrected chi connectivity index (χ3v) is 6.68. The maximum atomic E-state index is 9.65. The fourth-order valence-electron chi connectivity index (χ4n) is 5.25. The molecule has 0 bridgehead atoms. The third kappa shape index (κ3) is 3.05. The van der Waals surface area contributed by atoms with Gasteiger partial charge >= 0.3 is 0 Å². The minimum atomic E-state index is 0.397. The SMILES string of the molecule is CC(C)C1CCC(C2(c3ccc(O)cc3)CCCCC2)CC1. The van der Waals surface area contributed by atoms with Crippen molar-refractivity contribution in [2.45, 2.75) is 77.0 Å². The van der Waals surface area contributed by atoms with Crippen LogP contribution in [0.3, 0.4) is 0 Å². The van der Waals surface area contributed by atoms with Crippen molar-refractivity contribution in [3.63, 3.8) is 0 Å². The summed E-state index contributed by atoms with van der Waals surface area (Å²) in [6.07, 6.45) is 12.5. The van der Waals surface area contributed by atoms with Crippen LogP contribution in [0.2, 0.25) is 0 Å². The van der Waals surface area contributed by atoms with Crippen LogP contribution in [0.5, 0.6) is 5.75 Å². The highest BCUT2D eigenvalue weighted by atomic mass is 16.3. The normalized spacial score (nSPS) is 28.7. The van der Waals surface area contributed by atoms with Gasteiger partial charge in [-0.25, -0.2) is 0 Å². The predicted molar refractivity (Wildman–Crippen MR) is 93.2 cm³/mol. The number of hydrogen-bond donors (Lipinski definition) is 1. The number of aromatic hydroxyl groups is 1. The average molecular weight is 300 g/mol. The maximum absolute atomic E-state index is 9.65. The van der Waals surface area contributed by atoms with Crippen molar-refractivity contribution < 1.29 is 5.11 Å². The van der Waals surface area contributed by atoms with Gasteiger partial charge in [-0.05, 0) is 79.4 Å². The monoisotopic (exact) mass is 300 g/mol. The minimum Gasteiger partial charge on any atom is -0.508 e. The van der Waals surface area contributed by atoms with Gasteiger partial charge in [-0.2, -0.15) is 0 Å². The van der Waals surface area contributed by atoms with E-state index in [1.807, 2.05) is 12.1 Å². The zero-order valence-corrected chi connectivity index (χ0v) is 14.4. The first kappa shape index (κ1) is 15.9. The molecule has 1 N–H and O–H groups in total. The summed E-state index contributed by atoms with van der Waals surface area (Å²) in [6, 6.07) is 8.20. The Hall–Kier alpha value is -0.980. The summed E-state index contributed by atoms with van der Waals surface area (Å²) in [4.78, 5) is 0. The van der Waals surface area contributed by atoms with Gasteiger partial charge in [0.15, 0.2) is 0 Å². The topological polar surface area (TPSA) is 20.2 Å². The second-order valence-electron chi connectivity index (χ2n) is 8.12. The molecule has 2 fully saturated rings. The molecule has 0 aromatic heterocycles. The third-order valence-electron chi connectivity index (χ3n) is 6.68. The molecule has 1 heteroatoms. The summed E-state index contributed by atoms with van der Waals surface area (Å²) in [5, 5.41) is 9.65. The smallest absolute Gasteiger partial charge is 0.115 e. The summed E-state index contributed by atoms with van der Waals surface area (Å²) >= 11 is 0. The second-order valence-corrected chi connectivity index (χ2v) is 8.12. The molecule has 0 radical (unpaired) electrons. The molecule has 122 valence electrons. The Labute approximate surface area is 136 Å². The Morgan fingerprint density at radius 3 is 2.05 bits per heavy atom. The van der Waals surface area contributed by atoms with Crippen molar-refractivity contribution in [1.29, 1.82) is 0 Å². The maximum Gasteiger partial charge on any atom is 0.115 e. The summed E-state index contributed by atoms with van der Waals surface area (Å²) in [5.74, 6) is 3.04. The number of hydrogen-bond acceptors (Lipinski definition) is 1. The lowest BCUT2D eigenvalue weighted by atomic mass is 9.57. The largest absolute Gasteiger partial charge is 0.508 e. The van der Waals surface area contributed by atoms with Gasteiger partial charge in [-0.3, -0.25) is 0 Å². The molecule has 1 aromatic rings. The van der Waals surface area contributed by atoms with Crippen LogP contribution in [0, 0.1) is 17.8 Å². The molecule has 0 aliphatic heterocycles. The summed E-state index contributed by atoms with van der Waals surface area (Å²) in [5.41, 5.74) is 1.89. The van der Waals surface area contributed by atoms with Crippen LogP contribution in [0.1, 0.15) is 77.2 Å². The van der Waals surface area contributed by atoms with Crippen molar-refractivity contribution >= 4 is 0 Å². The van der Waals surface area contributed by atoms with Crippen LogP contribution in [0.25, 0.3) is 0 Å². The minimum absolute atomic E-state index is 0.397. The molecule has 0 spiro atoms. The molecule has 0 amide bonds. The second kappa shape index (κ2) is 6.64. The van der Waals surface area contributed by atoms with E-state index in [9.17, 15) is 5.11 Å². The van der Waals surface area contributed by atoms with Gasteiger partial charge in [-0.15, -0.1) is 0 Å². The van der Waals surface area contributed by atoms with Gasteiger partial charge in [0.2, 0.25) is 0 Å². The van der Waals surface area contributed by atoms with E-state index in [2.05, 4.69) is 26.0 Å². The summed E-state index contributed by atoms with van der Waals surface area (Å²) in [7, 11) is 0. The van der Waals surface area contributed by atoms with Crippen molar-refractivity contribution in [1.82, 2.24) is 0 Å². The first-order chi connectivity index (χ1) is 10.6. The van der Waals surface area contributed by atoms with E-state index in [-0.39, 0.29) is 0 Å². The lowest BCUT2D eigenvalue weighted by Crippen LogP contribution is -2.39. The van der Waals surface area contributed by atoms with Crippen LogP contribution in [-0.2, 0) is 5.41 Å². The fraction of sp³-hybridized carbons (Fsp3) is 0.714. The van der Waals surface area contributed by atoms with E-state index in [0.717, 1.165) is 17.8 Å². The number of phenols is 1. The fourth-order valence-corrected chi connectivity index (χ4v) is 5.25. The van der Waals surface area contributed by atoms with Crippen molar-refractivity contribution in [2.24, 2.45) is 17.8 Å². The highest BCUT2D eigenvalue weighted by molar-refractivity contribution is 5.33. The van der Waals surface area contributed by atoms with Crippen LogP contribution < -0.4 is 0 Å². The van der Waals surface area contributed by atoms with Gasteiger partial charge in [0.25, 0.3) is 0 Å². The molecule has 3 rings (SSSR count).